The van der Waals surface area contributed by atoms with Gasteiger partial charge in [-0.25, -0.2) is 9.99 Å². The van der Waals surface area contributed by atoms with Gasteiger partial charge < -0.3 is 5.43 Å². The summed E-state index contributed by atoms with van der Waals surface area (Å²) in [5.74, 6) is -0.132. The largest absolute Gasteiger partial charge is 0.420 e. The van der Waals surface area contributed by atoms with Crippen LogP contribution in [0.2, 0.25) is 0 Å². The number of nitrogens with one attached hydrogen (secondary N) is 1. The van der Waals surface area contributed by atoms with Crippen molar-refractivity contribution in [3.8, 4) is 0 Å². The molecule has 1 fully saturated rings. The van der Waals surface area contributed by atoms with Crippen LogP contribution < -0.4 is 5.43 Å². The molecule has 0 atom stereocenters. The Morgan fingerprint density at radius 3 is 2.50 bits per heavy atom. The molecule has 2 heterocycles. The van der Waals surface area contributed by atoms with Crippen molar-refractivity contribution in [3.05, 3.63) is 22.3 Å². The molecule has 0 radical (unpaired) electrons. The number of anilines is 1. The summed E-state index contributed by atoms with van der Waals surface area (Å²) < 4.78 is 38.9. The van der Waals surface area contributed by atoms with E-state index in [1.54, 1.807) is 5.01 Å². The Bertz CT molecular complexity index is 416. The van der Waals surface area contributed by atoms with Crippen LogP contribution in [0.3, 0.4) is 0 Å². The van der Waals surface area contributed by atoms with Crippen LogP contribution in [0.25, 0.3) is 0 Å². The van der Waals surface area contributed by atoms with Gasteiger partial charge in [-0.1, -0.05) is 6.42 Å². The Morgan fingerprint density at radius 1 is 1.22 bits per heavy atom. The molecule has 1 aliphatic heterocycles. The summed E-state index contributed by atoms with van der Waals surface area (Å²) in [6.07, 6.45) is 0.0598. The van der Waals surface area contributed by atoms with Crippen LogP contribution in [0.4, 0.5) is 19.0 Å². The summed E-state index contributed by atoms with van der Waals surface area (Å²) in [5, 5.41) is 1.79. The van der Waals surface area contributed by atoms with E-state index in [2.05, 4.69) is 26.3 Å². The first kappa shape index (κ1) is 13.6. The number of halogens is 4. The van der Waals surface area contributed by atoms with Crippen molar-refractivity contribution < 1.29 is 13.2 Å². The summed E-state index contributed by atoms with van der Waals surface area (Å²) in [4.78, 5) is 3.82. The first-order valence-electron chi connectivity index (χ1n) is 5.71. The van der Waals surface area contributed by atoms with Gasteiger partial charge in [-0.15, -0.1) is 0 Å². The molecule has 0 aromatic carbocycles. The maximum absolute atomic E-state index is 12.9. The molecule has 18 heavy (non-hydrogen) atoms. The average Bonchev–Trinajstić information content (AvgIpc) is 2.31. The molecule has 1 aromatic heterocycles. The first-order chi connectivity index (χ1) is 8.47. The van der Waals surface area contributed by atoms with Crippen molar-refractivity contribution in [1.82, 2.24) is 9.99 Å². The monoisotopic (exact) mass is 323 g/mol. The predicted molar refractivity (Wildman–Crippen MR) is 66.0 cm³/mol. The zero-order valence-electron chi connectivity index (χ0n) is 9.60. The quantitative estimate of drug-likeness (QED) is 0.900. The van der Waals surface area contributed by atoms with Gasteiger partial charge in [0.15, 0.2) is 5.82 Å². The van der Waals surface area contributed by atoms with Crippen molar-refractivity contribution >= 4 is 21.7 Å². The van der Waals surface area contributed by atoms with Gasteiger partial charge >= 0.3 is 6.18 Å². The maximum Gasteiger partial charge on any atom is 0.420 e. The minimum Gasteiger partial charge on any atom is -0.303 e. The van der Waals surface area contributed by atoms with E-state index in [4.69, 9.17) is 0 Å². The molecular weight excluding hydrogens is 311 g/mol. The normalized spacial score (nSPS) is 17.8. The van der Waals surface area contributed by atoms with Gasteiger partial charge in [0.2, 0.25) is 0 Å². The van der Waals surface area contributed by atoms with Crippen LogP contribution in [-0.4, -0.2) is 23.1 Å². The first-order valence-corrected chi connectivity index (χ1v) is 6.50. The molecule has 3 nitrogen and oxygen atoms in total. The minimum absolute atomic E-state index is 0.132. The minimum atomic E-state index is -4.41. The SMILES string of the molecule is FC(F)(F)c1cc(Br)cnc1NN1CCCCC1. The van der Waals surface area contributed by atoms with Gasteiger partial charge in [0.1, 0.15) is 5.56 Å². The molecule has 1 saturated heterocycles. The second-order valence-electron chi connectivity index (χ2n) is 4.21. The smallest absolute Gasteiger partial charge is 0.303 e. The molecule has 2 rings (SSSR count). The van der Waals surface area contributed by atoms with E-state index in [-0.39, 0.29) is 5.82 Å². The standard InChI is InChI=1S/C11H13BrF3N3/c12-8-6-9(11(13,14)15)10(16-7-8)17-18-4-2-1-3-5-18/h6-7H,1-5H2,(H,16,17). The Kier molecular flexibility index (Phi) is 4.11. The number of piperidine rings is 1. The number of hydrogen-bond donors (Lipinski definition) is 1. The molecule has 0 bridgehead atoms. The van der Waals surface area contributed by atoms with Gasteiger partial charge in [-0.2, -0.15) is 13.2 Å². The third kappa shape index (κ3) is 3.35. The highest BCUT2D eigenvalue weighted by Crippen LogP contribution is 2.35. The van der Waals surface area contributed by atoms with Gasteiger partial charge in [-0.3, -0.25) is 0 Å². The maximum atomic E-state index is 12.9. The Hall–Kier alpha value is -0.820. The Morgan fingerprint density at radius 2 is 1.89 bits per heavy atom. The van der Waals surface area contributed by atoms with E-state index in [1.165, 1.54) is 6.20 Å². The molecule has 1 aromatic rings. The second kappa shape index (κ2) is 5.44. The molecule has 100 valence electrons. The van der Waals surface area contributed by atoms with Crippen LogP contribution >= 0.6 is 15.9 Å². The van der Waals surface area contributed by atoms with E-state index < -0.39 is 11.7 Å². The lowest BCUT2D eigenvalue weighted by atomic mass is 10.2. The molecule has 0 aliphatic carbocycles. The fourth-order valence-corrected chi connectivity index (χ4v) is 2.23. The lowest BCUT2D eigenvalue weighted by Crippen LogP contribution is -2.36. The van der Waals surface area contributed by atoms with Crippen molar-refractivity contribution in [2.45, 2.75) is 25.4 Å². The number of hydrogen-bond acceptors (Lipinski definition) is 3. The van der Waals surface area contributed by atoms with E-state index in [9.17, 15) is 13.2 Å². The van der Waals surface area contributed by atoms with Gasteiger partial charge in [0.05, 0.1) is 0 Å². The number of nitrogens with zero attached hydrogens (tertiary/aromatic N) is 2. The molecule has 0 spiro atoms. The molecule has 0 unspecified atom stereocenters. The second-order valence-corrected chi connectivity index (χ2v) is 5.12. The van der Waals surface area contributed by atoms with Gasteiger partial charge in [0.25, 0.3) is 0 Å². The van der Waals surface area contributed by atoms with E-state index in [0.717, 1.165) is 38.4 Å². The highest BCUT2D eigenvalue weighted by Gasteiger charge is 2.35. The molecule has 1 aliphatic rings. The third-order valence-electron chi connectivity index (χ3n) is 2.78. The number of alkyl halides is 3. The van der Waals surface area contributed by atoms with Crippen molar-refractivity contribution in [2.75, 3.05) is 18.5 Å². The van der Waals surface area contributed by atoms with Crippen LogP contribution in [0.1, 0.15) is 24.8 Å². The summed E-state index contributed by atoms with van der Waals surface area (Å²) in [5.41, 5.74) is 2.02. The fraction of sp³-hybridized carbons (Fsp3) is 0.545. The number of rotatable bonds is 2. The number of pyridine rings is 1. The molecule has 1 N–H and O–H groups in total. The van der Waals surface area contributed by atoms with Crippen molar-refractivity contribution in [2.24, 2.45) is 0 Å². The average molecular weight is 324 g/mol. The van der Waals surface area contributed by atoms with E-state index in [0.29, 0.717) is 4.47 Å². The van der Waals surface area contributed by atoms with E-state index >= 15 is 0 Å². The zero-order chi connectivity index (χ0) is 13.2. The van der Waals surface area contributed by atoms with E-state index in [1.807, 2.05) is 0 Å². The molecule has 0 saturated carbocycles. The van der Waals surface area contributed by atoms with Crippen LogP contribution in [0.15, 0.2) is 16.7 Å². The molecule has 7 heteroatoms. The summed E-state index contributed by atoms with van der Waals surface area (Å²) in [7, 11) is 0. The summed E-state index contributed by atoms with van der Waals surface area (Å²) >= 11 is 3.01. The van der Waals surface area contributed by atoms with Crippen molar-refractivity contribution in [3.63, 3.8) is 0 Å². The summed E-state index contributed by atoms with van der Waals surface area (Å²) in [6, 6.07) is 1.04. The molecule has 0 amide bonds. The van der Waals surface area contributed by atoms with Crippen LogP contribution in [0.5, 0.6) is 0 Å². The third-order valence-corrected chi connectivity index (χ3v) is 3.21. The van der Waals surface area contributed by atoms with Crippen LogP contribution in [0, 0.1) is 0 Å². The molecular formula is C11H13BrF3N3. The van der Waals surface area contributed by atoms with Crippen LogP contribution in [-0.2, 0) is 6.18 Å². The highest BCUT2D eigenvalue weighted by atomic mass is 79.9. The number of hydrazine groups is 1. The van der Waals surface area contributed by atoms with Gasteiger partial charge in [-0.05, 0) is 34.8 Å². The highest BCUT2D eigenvalue weighted by molar-refractivity contribution is 9.10. The predicted octanol–water partition coefficient (Wildman–Crippen LogP) is 3.68. The van der Waals surface area contributed by atoms with Crippen molar-refractivity contribution in [1.29, 1.82) is 0 Å². The number of aromatic nitrogens is 1. The Balaban J connectivity index is 2.21. The Labute approximate surface area is 111 Å². The lowest BCUT2D eigenvalue weighted by molar-refractivity contribution is -0.137. The fourth-order valence-electron chi connectivity index (χ4n) is 1.90. The lowest BCUT2D eigenvalue weighted by Gasteiger charge is -2.28. The zero-order valence-corrected chi connectivity index (χ0v) is 11.2. The topological polar surface area (TPSA) is 28.2 Å². The summed E-state index contributed by atoms with van der Waals surface area (Å²) in [6.45, 7) is 1.49. The van der Waals surface area contributed by atoms with Gasteiger partial charge in [0, 0.05) is 23.8 Å².